The van der Waals surface area contributed by atoms with Crippen molar-refractivity contribution in [1.29, 1.82) is 0 Å². The van der Waals surface area contributed by atoms with Crippen molar-refractivity contribution in [2.75, 3.05) is 18.4 Å². The van der Waals surface area contributed by atoms with Crippen LogP contribution < -0.4 is 5.32 Å². The van der Waals surface area contributed by atoms with E-state index in [1.54, 1.807) is 0 Å². The molecule has 1 saturated heterocycles. The molecule has 1 aromatic rings. The van der Waals surface area contributed by atoms with Crippen molar-refractivity contribution in [2.24, 2.45) is 5.41 Å². The van der Waals surface area contributed by atoms with Crippen LogP contribution in [0.25, 0.3) is 0 Å². The molecule has 0 radical (unpaired) electrons. The van der Waals surface area contributed by atoms with Crippen LogP contribution in [0.1, 0.15) is 19.8 Å². The first kappa shape index (κ1) is 13.3. The van der Waals surface area contributed by atoms with Gasteiger partial charge in [0.2, 0.25) is 0 Å². The Kier molecular flexibility index (Phi) is 3.64. The lowest BCUT2D eigenvalue weighted by Gasteiger charge is -2.23. The molecular formula is C12H16N4O3. The fourth-order valence-corrected chi connectivity index (χ4v) is 2.23. The van der Waals surface area contributed by atoms with Crippen molar-refractivity contribution < 1.29 is 14.7 Å². The van der Waals surface area contributed by atoms with Crippen LogP contribution >= 0.6 is 0 Å². The summed E-state index contributed by atoms with van der Waals surface area (Å²) in [6.07, 6.45) is 5.35. The fraction of sp³-hybridized carbons (Fsp3) is 0.500. The van der Waals surface area contributed by atoms with Crippen molar-refractivity contribution in [1.82, 2.24) is 14.9 Å². The molecule has 2 heterocycles. The van der Waals surface area contributed by atoms with Gasteiger partial charge in [0.05, 0.1) is 23.5 Å². The Labute approximate surface area is 110 Å². The van der Waals surface area contributed by atoms with E-state index in [0.717, 1.165) is 0 Å². The number of carboxylic acids is 1. The Hall–Kier alpha value is -2.18. The van der Waals surface area contributed by atoms with Gasteiger partial charge in [0, 0.05) is 13.1 Å². The van der Waals surface area contributed by atoms with E-state index >= 15 is 0 Å². The molecule has 0 spiro atoms. The molecule has 0 aromatic carbocycles. The highest BCUT2D eigenvalue weighted by Crippen LogP contribution is 2.34. The fourth-order valence-electron chi connectivity index (χ4n) is 2.23. The van der Waals surface area contributed by atoms with Gasteiger partial charge in [-0.2, -0.15) is 0 Å². The zero-order chi connectivity index (χ0) is 13.9. The van der Waals surface area contributed by atoms with Crippen LogP contribution in [-0.2, 0) is 4.79 Å². The average molecular weight is 264 g/mol. The normalized spacial score (nSPS) is 22.3. The number of aliphatic carboxylic acids is 1. The topological polar surface area (TPSA) is 95.4 Å². The van der Waals surface area contributed by atoms with Crippen molar-refractivity contribution >= 4 is 17.7 Å². The van der Waals surface area contributed by atoms with Gasteiger partial charge >= 0.3 is 12.0 Å². The van der Waals surface area contributed by atoms with E-state index in [0.29, 0.717) is 25.1 Å². The molecule has 1 aliphatic heterocycles. The van der Waals surface area contributed by atoms with Gasteiger partial charge < -0.3 is 15.3 Å². The monoisotopic (exact) mass is 264 g/mol. The average Bonchev–Trinajstić information content (AvgIpc) is 2.86. The van der Waals surface area contributed by atoms with Gasteiger partial charge in [-0.05, 0) is 12.8 Å². The maximum Gasteiger partial charge on any atom is 0.321 e. The zero-order valence-electron chi connectivity index (χ0n) is 10.7. The molecule has 19 heavy (non-hydrogen) atoms. The number of likely N-dealkylation sites (tertiary alicyclic amines) is 1. The molecule has 0 bridgehead atoms. The predicted octanol–water partition coefficient (Wildman–Crippen LogP) is 1.20. The summed E-state index contributed by atoms with van der Waals surface area (Å²) in [4.78, 5) is 32.4. The number of rotatable bonds is 3. The van der Waals surface area contributed by atoms with Crippen LogP contribution in [-0.4, -0.2) is 45.1 Å². The zero-order valence-corrected chi connectivity index (χ0v) is 10.7. The SMILES string of the molecule is CCC1(C(=O)O)CCN(C(=O)Nc2cncnc2)C1. The molecule has 1 aromatic heterocycles. The van der Waals surface area contributed by atoms with E-state index in [1.165, 1.54) is 23.6 Å². The third-order valence-corrected chi connectivity index (χ3v) is 3.58. The summed E-state index contributed by atoms with van der Waals surface area (Å²) in [5, 5.41) is 11.9. The molecule has 1 atom stereocenters. The number of hydrogen-bond acceptors (Lipinski definition) is 4. The number of carbonyl (C=O) groups excluding carboxylic acids is 1. The summed E-state index contributed by atoms with van der Waals surface area (Å²) < 4.78 is 0. The standard InChI is InChI=1S/C12H16N4O3/c1-2-12(10(17)18)3-4-16(7-12)11(19)15-9-5-13-8-14-6-9/h5-6,8H,2-4,7H2,1H3,(H,15,19)(H,17,18). The van der Waals surface area contributed by atoms with Crippen LogP contribution in [0, 0.1) is 5.41 Å². The summed E-state index contributed by atoms with van der Waals surface area (Å²) in [6.45, 7) is 2.51. The number of amides is 2. The highest BCUT2D eigenvalue weighted by atomic mass is 16.4. The minimum atomic E-state index is -0.839. The van der Waals surface area contributed by atoms with Crippen LogP contribution in [0.2, 0.25) is 0 Å². The number of carbonyl (C=O) groups is 2. The molecule has 102 valence electrons. The molecule has 2 rings (SSSR count). The minimum Gasteiger partial charge on any atom is -0.481 e. The van der Waals surface area contributed by atoms with Gasteiger partial charge in [0.15, 0.2) is 0 Å². The first-order valence-electron chi connectivity index (χ1n) is 6.12. The lowest BCUT2D eigenvalue weighted by molar-refractivity contribution is -0.148. The number of anilines is 1. The smallest absolute Gasteiger partial charge is 0.321 e. The van der Waals surface area contributed by atoms with Crippen molar-refractivity contribution in [3.63, 3.8) is 0 Å². The first-order valence-corrected chi connectivity index (χ1v) is 6.12. The van der Waals surface area contributed by atoms with Crippen molar-refractivity contribution in [3.8, 4) is 0 Å². The summed E-state index contributed by atoms with van der Waals surface area (Å²) in [5.74, 6) is -0.839. The molecule has 1 fully saturated rings. The van der Waals surface area contributed by atoms with Gasteiger partial charge in [0.1, 0.15) is 6.33 Å². The maximum atomic E-state index is 12.0. The van der Waals surface area contributed by atoms with Crippen LogP contribution in [0.5, 0.6) is 0 Å². The van der Waals surface area contributed by atoms with Crippen LogP contribution in [0.15, 0.2) is 18.7 Å². The van der Waals surface area contributed by atoms with Gasteiger partial charge in [-0.3, -0.25) is 4.79 Å². The predicted molar refractivity (Wildman–Crippen MR) is 67.6 cm³/mol. The van der Waals surface area contributed by atoms with E-state index in [1.807, 2.05) is 6.92 Å². The molecule has 1 unspecified atom stereocenters. The summed E-state index contributed by atoms with van der Waals surface area (Å²) in [5.41, 5.74) is -0.318. The van der Waals surface area contributed by atoms with Crippen molar-refractivity contribution in [2.45, 2.75) is 19.8 Å². The third kappa shape index (κ3) is 2.64. The molecule has 7 heteroatoms. The van der Waals surface area contributed by atoms with Crippen LogP contribution in [0.3, 0.4) is 0 Å². The number of nitrogens with one attached hydrogen (secondary N) is 1. The van der Waals surface area contributed by atoms with E-state index < -0.39 is 11.4 Å². The minimum absolute atomic E-state index is 0.234. The first-order chi connectivity index (χ1) is 9.07. The molecule has 7 nitrogen and oxygen atoms in total. The second kappa shape index (κ2) is 5.21. The number of hydrogen-bond donors (Lipinski definition) is 2. The lowest BCUT2D eigenvalue weighted by atomic mass is 9.84. The number of aromatic nitrogens is 2. The molecule has 0 aliphatic carbocycles. The lowest BCUT2D eigenvalue weighted by Crippen LogP contribution is -2.38. The number of urea groups is 1. The van der Waals surface area contributed by atoms with Gasteiger partial charge in [-0.25, -0.2) is 14.8 Å². The Morgan fingerprint density at radius 2 is 2.16 bits per heavy atom. The molecule has 2 N–H and O–H groups in total. The molecule has 2 amide bonds. The Morgan fingerprint density at radius 3 is 2.68 bits per heavy atom. The third-order valence-electron chi connectivity index (χ3n) is 3.58. The largest absolute Gasteiger partial charge is 0.481 e. The van der Waals surface area contributed by atoms with Crippen LogP contribution in [0.4, 0.5) is 10.5 Å². The van der Waals surface area contributed by atoms with E-state index in [2.05, 4.69) is 15.3 Å². The number of nitrogens with zero attached hydrogens (tertiary/aromatic N) is 3. The van der Waals surface area contributed by atoms with Crippen molar-refractivity contribution in [3.05, 3.63) is 18.7 Å². The van der Waals surface area contributed by atoms with Gasteiger partial charge in [-0.15, -0.1) is 0 Å². The summed E-state index contributed by atoms with van der Waals surface area (Å²) >= 11 is 0. The van der Waals surface area contributed by atoms with E-state index in [4.69, 9.17) is 0 Å². The van der Waals surface area contributed by atoms with E-state index in [-0.39, 0.29) is 12.6 Å². The quantitative estimate of drug-likeness (QED) is 0.855. The summed E-state index contributed by atoms with van der Waals surface area (Å²) in [6, 6.07) is -0.314. The second-order valence-corrected chi connectivity index (χ2v) is 4.67. The van der Waals surface area contributed by atoms with Gasteiger partial charge in [0.25, 0.3) is 0 Å². The molecule has 0 saturated carbocycles. The van der Waals surface area contributed by atoms with Gasteiger partial charge in [-0.1, -0.05) is 6.92 Å². The highest BCUT2D eigenvalue weighted by Gasteiger charge is 2.44. The Bertz CT molecular complexity index is 479. The number of carboxylic acid groups (broad SMARTS) is 1. The Balaban J connectivity index is 2.01. The maximum absolute atomic E-state index is 12.0. The highest BCUT2D eigenvalue weighted by molar-refractivity contribution is 5.90. The Morgan fingerprint density at radius 1 is 1.47 bits per heavy atom. The molecule has 1 aliphatic rings. The van der Waals surface area contributed by atoms with E-state index in [9.17, 15) is 14.7 Å². The summed E-state index contributed by atoms with van der Waals surface area (Å²) in [7, 11) is 0. The second-order valence-electron chi connectivity index (χ2n) is 4.67. The molecular weight excluding hydrogens is 248 g/mol.